The van der Waals surface area contributed by atoms with E-state index in [1.165, 1.54) is 0 Å². The van der Waals surface area contributed by atoms with Crippen LogP contribution in [0.25, 0.3) is 10.8 Å². The number of carbonyl (C=O) groups excluding carboxylic acids is 1. The Bertz CT molecular complexity index is 1050. The molecule has 2 N–H and O–H groups in total. The quantitative estimate of drug-likeness (QED) is 0.749. The van der Waals surface area contributed by atoms with E-state index < -0.39 is 10.0 Å². The van der Waals surface area contributed by atoms with Crippen molar-refractivity contribution in [2.45, 2.75) is 6.92 Å². The fraction of sp³-hybridized carbons (Fsp3) is 0.105. The molecule has 0 bridgehead atoms. The Hall–Kier alpha value is -2.86. The predicted molar refractivity (Wildman–Crippen MR) is 102 cm³/mol. The Balaban J connectivity index is 1.87. The van der Waals surface area contributed by atoms with Gasteiger partial charge in [0.2, 0.25) is 10.0 Å². The van der Waals surface area contributed by atoms with Crippen LogP contribution in [-0.4, -0.2) is 20.6 Å². The van der Waals surface area contributed by atoms with Crippen LogP contribution in [0.2, 0.25) is 0 Å². The van der Waals surface area contributed by atoms with E-state index in [1.807, 2.05) is 42.5 Å². The minimum absolute atomic E-state index is 0.245. The zero-order valence-electron chi connectivity index (χ0n) is 13.9. The number of amides is 1. The van der Waals surface area contributed by atoms with E-state index in [1.54, 1.807) is 25.1 Å². The Kier molecular flexibility index (Phi) is 4.46. The van der Waals surface area contributed by atoms with Crippen molar-refractivity contribution < 1.29 is 13.2 Å². The van der Waals surface area contributed by atoms with Gasteiger partial charge in [0, 0.05) is 16.6 Å². The predicted octanol–water partition coefficient (Wildman–Crippen LogP) is 3.77. The Morgan fingerprint density at radius 1 is 0.920 bits per heavy atom. The van der Waals surface area contributed by atoms with E-state index in [-0.39, 0.29) is 5.91 Å². The summed E-state index contributed by atoms with van der Waals surface area (Å²) in [6.07, 6.45) is 1.09. The molecule has 3 aromatic rings. The maximum Gasteiger partial charge on any atom is 0.255 e. The number of nitrogens with one attached hydrogen (secondary N) is 2. The summed E-state index contributed by atoms with van der Waals surface area (Å²) in [5.74, 6) is -0.245. The molecule has 0 aliphatic rings. The van der Waals surface area contributed by atoms with E-state index >= 15 is 0 Å². The number of sulfonamides is 1. The number of benzene rings is 3. The lowest BCUT2D eigenvalue weighted by molar-refractivity contribution is 0.102. The Morgan fingerprint density at radius 3 is 2.36 bits per heavy atom. The van der Waals surface area contributed by atoms with Gasteiger partial charge in [0.05, 0.1) is 11.9 Å². The van der Waals surface area contributed by atoms with Crippen molar-refractivity contribution in [3.63, 3.8) is 0 Å². The SMILES string of the molecule is Cc1cc(C(=O)Nc2cccc3ccccc23)ccc1NS(C)(=O)=O. The van der Waals surface area contributed by atoms with Crippen LogP contribution in [0.1, 0.15) is 15.9 Å². The Morgan fingerprint density at radius 2 is 1.64 bits per heavy atom. The molecule has 0 saturated carbocycles. The number of rotatable bonds is 4. The molecule has 25 heavy (non-hydrogen) atoms. The highest BCUT2D eigenvalue weighted by molar-refractivity contribution is 7.92. The molecule has 1 amide bonds. The molecule has 3 rings (SSSR count). The second-order valence-corrected chi connectivity index (χ2v) is 7.63. The van der Waals surface area contributed by atoms with E-state index in [9.17, 15) is 13.2 Å². The standard InChI is InChI=1S/C19H18N2O3S/c1-13-12-15(10-11-17(13)21-25(2,23)24)19(22)20-18-9-5-7-14-6-3-4-8-16(14)18/h3-12,21H,1-2H3,(H,20,22). The first-order chi connectivity index (χ1) is 11.8. The van der Waals surface area contributed by atoms with E-state index in [4.69, 9.17) is 0 Å². The third-order valence-corrected chi connectivity index (χ3v) is 4.41. The van der Waals surface area contributed by atoms with Gasteiger partial charge in [-0.2, -0.15) is 0 Å². The molecule has 0 atom stereocenters. The topological polar surface area (TPSA) is 75.3 Å². The number of anilines is 2. The van der Waals surface area contributed by atoms with Gasteiger partial charge in [0.1, 0.15) is 0 Å². The molecular formula is C19H18N2O3S. The molecule has 0 saturated heterocycles. The number of hydrogen-bond donors (Lipinski definition) is 2. The monoisotopic (exact) mass is 354 g/mol. The summed E-state index contributed by atoms with van der Waals surface area (Å²) in [4.78, 5) is 12.6. The van der Waals surface area contributed by atoms with E-state index in [0.717, 1.165) is 22.7 Å². The lowest BCUT2D eigenvalue weighted by atomic mass is 10.1. The minimum atomic E-state index is -3.36. The van der Waals surface area contributed by atoms with Crippen molar-refractivity contribution in [3.05, 3.63) is 71.8 Å². The smallest absolute Gasteiger partial charge is 0.255 e. The third kappa shape index (κ3) is 3.97. The number of fused-ring (bicyclic) bond motifs is 1. The molecule has 0 fully saturated rings. The van der Waals surface area contributed by atoms with Gasteiger partial charge in [0.25, 0.3) is 5.91 Å². The van der Waals surface area contributed by atoms with E-state index in [2.05, 4.69) is 10.0 Å². The molecule has 0 aliphatic heterocycles. The van der Waals surface area contributed by atoms with Crippen molar-refractivity contribution in [3.8, 4) is 0 Å². The molecule has 0 spiro atoms. The molecule has 0 unspecified atom stereocenters. The van der Waals surface area contributed by atoms with Crippen LogP contribution in [-0.2, 0) is 10.0 Å². The van der Waals surface area contributed by atoms with Crippen molar-refractivity contribution in [1.29, 1.82) is 0 Å². The average Bonchev–Trinajstić information content (AvgIpc) is 2.56. The first kappa shape index (κ1) is 17.0. The molecule has 0 heterocycles. The van der Waals surface area contributed by atoms with Crippen LogP contribution < -0.4 is 10.0 Å². The molecule has 0 aromatic heterocycles. The van der Waals surface area contributed by atoms with Crippen LogP contribution in [0, 0.1) is 6.92 Å². The average molecular weight is 354 g/mol. The molecule has 3 aromatic carbocycles. The lowest BCUT2D eigenvalue weighted by Crippen LogP contribution is -2.14. The van der Waals surface area contributed by atoms with Crippen LogP contribution in [0.3, 0.4) is 0 Å². The maximum atomic E-state index is 12.6. The number of hydrogen-bond acceptors (Lipinski definition) is 3. The summed E-state index contributed by atoms with van der Waals surface area (Å²) in [5, 5.41) is 4.93. The zero-order chi connectivity index (χ0) is 18.0. The van der Waals surface area contributed by atoms with Crippen molar-refractivity contribution in [2.24, 2.45) is 0 Å². The summed E-state index contributed by atoms with van der Waals surface area (Å²) in [5.41, 5.74) is 2.34. The van der Waals surface area contributed by atoms with Gasteiger partial charge in [-0.25, -0.2) is 8.42 Å². The molecule has 5 nitrogen and oxygen atoms in total. The van der Waals surface area contributed by atoms with Gasteiger partial charge < -0.3 is 5.32 Å². The van der Waals surface area contributed by atoms with Crippen molar-refractivity contribution in [1.82, 2.24) is 0 Å². The van der Waals surface area contributed by atoms with Crippen LogP contribution in [0.5, 0.6) is 0 Å². The number of aryl methyl sites for hydroxylation is 1. The summed E-state index contributed by atoms with van der Waals surface area (Å²) >= 11 is 0. The zero-order valence-corrected chi connectivity index (χ0v) is 14.7. The van der Waals surface area contributed by atoms with Gasteiger partial charge in [0.15, 0.2) is 0 Å². The highest BCUT2D eigenvalue weighted by Gasteiger charge is 2.11. The maximum absolute atomic E-state index is 12.6. The molecule has 128 valence electrons. The van der Waals surface area contributed by atoms with Gasteiger partial charge >= 0.3 is 0 Å². The van der Waals surface area contributed by atoms with Gasteiger partial charge in [-0.15, -0.1) is 0 Å². The third-order valence-electron chi connectivity index (χ3n) is 3.82. The van der Waals surface area contributed by atoms with Crippen LogP contribution in [0.15, 0.2) is 60.7 Å². The van der Waals surface area contributed by atoms with Gasteiger partial charge in [-0.3, -0.25) is 9.52 Å². The van der Waals surface area contributed by atoms with E-state index in [0.29, 0.717) is 16.8 Å². The second kappa shape index (κ2) is 6.57. The molecule has 6 heteroatoms. The summed E-state index contributed by atoms with van der Waals surface area (Å²) in [6.45, 7) is 1.75. The first-order valence-corrected chi connectivity index (χ1v) is 9.60. The fourth-order valence-electron chi connectivity index (χ4n) is 2.65. The fourth-order valence-corrected chi connectivity index (χ4v) is 3.28. The summed E-state index contributed by atoms with van der Waals surface area (Å²) in [6, 6.07) is 18.4. The van der Waals surface area contributed by atoms with Crippen molar-refractivity contribution >= 4 is 38.1 Å². The van der Waals surface area contributed by atoms with Gasteiger partial charge in [-0.05, 0) is 42.1 Å². The highest BCUT2D eigenvalue weighted by Crippen LogP contribution is 2.24. The minimum Gasteiger partial charge on any atom is -0.321 e. The highest BCUT2D eigenvalue weighted by atomic mass is 32.2. The number of carbonyl (C=O) groups is 1. The second-order valence-electron chi connectivity index (χ2n) is 5.88. The lowest BCUT2D eigenvalue weighted by Gasteiger charge is -2.11. The largest absolute Gasteiger partial charge is 0.321 e. The van der Waals surface area contributed by atoms with Crippen LogP contribution >= 0.6 is 0 Å². The van der Waals surface area contributed by atoms with Gasteiger partial charge in [-0.1, -0.05) is 36.4 Å². The summed E-state index contributed by atoms with van der Waals surface area (Å²) < 4.78 is 25.1. The Labute approximate surface area is 146 Å². The molecule has 0 radical (unpaired) electrons. The molecular weight excluding hydrogens is 336 g/mol. The van der Waals surface area contributed by atoms with Crippen LogP contribution in [0.4, 0.5) is 11.4 Å². The molecule has 0 aliphatic carbocycles. The summed E-state index contributed by atoms with van der Waals surface area (Å²) in [7, 11) is -3.36. The first-order valence-electron chi connectivity index (χ1n) is 7.71. The van der Waals surface area contributed by atoms with Crippen molar-refractivity contribution in [2.75, 3.05) is 16.3 Å². The normalized spacial score (nSPS) is 11.3.